The summed E-state index contributed by atoms with van der Waals surface area (Å²) in [7, 11) is 0. The van der Waals surface area contributed by atoms with Crippen LogP contribution in [-0.2, 0) is 6.54 Å². The molecule has 0 amide bonds. The molecule has 0 saturated carbocycles. The van der Waals surface area contributed by atoms with Gasteiger partial charge in [-0.3, -0.25) is 4.98 Å². The Labute approximate surface area is 139 Å². The average molecular weight is 315 g/mol. The Hall–Kier alpha value is -3.21. The van der Waals surface area contributed by atoms with E-state index in [2.05, 4.69) is 20.6 Å². The van der Waals surface area contributed by atoms with Crippen LogP contribution in [0.4, 0.5) is 5.69 Å². The Balaban J connectivity index is 1.89. The Morgan fingerprint density at radius 1 is 1.04 bits per heavy atom. The number of aryl methyl sites for hydroxylation is 1. The van der Waals surface area contributed by atoms with Crippen molar-refractivity contribution in [2.24, 2.45) is 0 Å². The Bertz CT molecular complexity index is 988. The van der Waals surface area contributed by atoms with Crippen LogP contribution in [0.3, 0.4) is 0 Å². The lowest BCUT2D eigenvalue weighted by Gasteiger charge is -2.09. The summed E-state index contributed by atoms with van der Waals surface area (Å²) in [5, 5.41) is 0. The van der Waals surface area contributed by atoms with Gasteiger partial charge in [-0.1, -0.05) is 12.1 Å². The van der Waals surface area contributed by atoms with E-state index in [1.807, 2.05) is 49.5 Å². The minimum absolute atomic E-state index is 0.685. The van der Waals surface area contributed by atoms with Crippen molar-refractivity contribution in [1.29, 1.82) is 0 Å². The smallest absolute Gasteiger partial charge is 0.160 e. The molecule has 0 unspecified atom stereocenters. The molecule has 0 aliphatic rings. The van der Waals surface area contributed by atoms with Crippen molar-refractivity contribution in [2.45, 2.75) is 13.5 Å². The van der Waals surface area contributed by atoms with Gasteiger partial charge in [-0.15, -0.1) is 0 Å². The molecule has 118 valence electrons. The molecule has 0 spiro atoms. The molecule has 2 N–H and O–H groups in total. The van der Waals surface area contributed by atoms with Gasteiger partial charge in [0, 0.05) is 29.8 Å². The van der Waals surface area contributed by atoms with Crippen molar-refractivity contribution in [3.05, 3.63) is 72.2 Å². The predicted octanol–water partition coefficient (Wildman–Crippen LogP) is 3.43. The lowest BCUT2D eigenvalue weighted by molar-refractivity contribution is 0.823. The summed E-state index contributed by atoms with van der Waals surface area (Å²) >= 11 is 0. The normalized spacial score (nSPS) is 11.0. The summed E-state index contributed by atoms with van der Waals surface area (Å²) in [5.74, 6) is 0.891. The van der Waals surface area contributed by atoms with Gasteiger partial charge in [-0.25, -0.2) is 9.97 Å². The van der Waals surface area contributed by atoms with Gasteiger partial charge >= 0.3 is 0 Å². The molecule has 0 aliphatic heterocycles. The summed E-state index contributed by atoms with van der Waals surface area (Å²) in [6.45, 7) is 2.71. The standard InChI is InChI=1S/C19H17N5/c1-13-10-17-19(22-11-13)24(12-14-2-4-16(20)5-3-14)18(23-17)15-6-8-21-9-7-15/h2-11H,12,20H2,1H3. The molecule has 0 saturated heterocycles. The van der Waals surface area contributed by atoms with Gasteiger partial charge in [0.25, 0.3) is 0 Å². The fraction of sp³-hybridized carbons (Fsp3) is 0.105. The number of aromatic nitrogens is 4. The molecular formula is C19H17N5. The maximum Gasteiger partial charge on any atom is 0.160 e. The minimum atomic E-state index is 0.685. The van der Waals surface area contributed by atoms with Crippen LogP contribution in [0.1, 0.15) is 11.1 Å². The van der Waals surface area contributed by atoms with Gasteiger partial charge in [0.2, 0.25) is 0 Å². The first-order valence-electron chi connectivity index (χ1n) is 7.78. The lowest BCUT2D eigenvalue weighted by atomic mass is 10.2. The van der Waals surface area contributed by atoms with E-state index >= 15 is 0 Å². The summed E-state index contributed by atoms with van der Waals surface area (Å²) in [5.41, 5.74) is 11.6. The van der Waals surface area contributed by atoms with E-state index in [-0.39, 0.29) is 0 Å². The van der Waals surface area contributed by atoms with Gasteiger partial charge in [-0.05, 0) is 48.4 Å². The van der Waals surface area contributed by atoms with Crippen molar-refractivity contribution >= 4 is 16.9 Å². The SMILES string of the molecule is Cc1cnc2c(c1)nc(-c1ccncc1)n2Cc1ccc(N)cc1. The number of hydrogen-bond acceptors (Lipinski definition) is 4. The van der Waals surface area contributed by atoms with Crippen molar-refractivity contribution in [1.82, 2.24) is 19.5 Å². The highest BCUT2D eigenvalue weighted by atomic mass is 15.1. The average Bonchev–Trinajstić information content (AvgIpc) is 2.95. The topological polar surface area (TPSA) is 69.6 Å². The molecule has 0 aliphatic carbocycles. The Morgan fingerprint density at radius 2 is 1.79 bits per heavy atom. The first-order valence-corrected chi connectivity index (χ1v) is 7.78. The fourth-order valence-corrected chi connectivity index (χ4v) is 2.79. The maximum atomic E-state index is 5.79. The van der Waals surface area contributed by atoms with Crippen LogP contribution in [0.5, 0.6) is 0 Å². The van der Waals surface area contributed by atoms with Crippen molar-refractivity contribution < 1.29 is 0 Å². The highest BCUT2D eigenvalue weighted by molar-refractivity contribution is 5.77. The van der Waals surface area contributed by atoms with Gasteiger partial charge in [0.05, 0.1) is 6.54 Å². The van der Waals surface area contributed by atoms with E-state index in [4.69, 9.17) is 10.7 Å². The lowest BCUT2D eigenvalue weighted by Crippen LogP contribution is -2.03. The van der Waals surface area contributed by atoms with Crippen LogP contribution in [0.2, 0.25) is 0 Å². The fourth-order valence-electron chi connectivity index (χ4n) is 2.79. The molecule has 0 radical (unpaired) electrons. The molecule has 1 aromatic carbocycles. The van der Waals surface area contributed by atoms with Crippen LogP contribution in [0.15, 0.2) is 61.1 Å². The number of nitrogen functional groups attached to an aromatic ring is 1. The quantitative estimate of drug-likeness (QED) is 0.588. The molecule has 0 atom stereocenters. The molecule has 24 heavy (non-hydrogen) atoms. The zero-order valence-corrected chi connectivity index (χ0v) is 13.3. The summed E-state index contributed by atoms with van der Waals surface area (Å²) in [6, 6.07) is 13.9. The maximum absolute atomic E-state index is 5.79. The molecule has 0 bridgehead atoms. The van der Waals surface area contributed by atoms with E-state index < -0.39 is 0 Å². The zero-order chi connectivity index (χ0) is 16.5. The molecule has 3 aromatic heterocycles. The van der Waals surface area contributed by atoms with E-state index in [1.54, 1.807) is 12.4 Å². The number of rotatable bonds is 3. The first-order chi connectivity index (χ1) is 11.7. The van der Waals surface area contributed by atoms with Crippen molar-refractivity contribution in [3.8, 4) is 11.4 Å². The Morgan fingerprint density at radius 3 is 2.54 bits per heavy atom. The monoisotopic (exact) mass is 315 g/mol. The van der Waals surface area contributed by atoms with Gasteiger partial charge < -0.3 is 10.3 Å². The van der Waals surface area contributed by atoms with Crippen LogP contribution >= 0.6 is 0 Å². The van der Waals surface area contributed by atoms with E-state index in [9.17, 15) is 0 Å². The molecule has 3 heterocycles. The zero-order valence-electron chi connectivity index (χ0n) is 13.3. The molecule has 5 nitrogen and oxygen atoms in total. The van der Waals surface area contributed by atoms with E-state index in [0.717, 1.165) is 39.4 Å². The van der Waals surface area contributed by atoms with Crippen LogP contribution in [0.25, 0.3) is 22.6 Å². The third-order valence-electron chi connectivity index (χ3n) is 3.98. The summed E-state index contributed by atoms with van der Waals surface area (Å²) in [4.78, 5) is 13.5. The van der Waals surface area contributed by atoms with E-state index in [0.29, 0.717) is 6.54 Å². The number of pyridine rings is 2. The second-order valence-electron chi connectivity index (χ2n) is 5.85. The highest BCUT2D eigenvalue weighted by Crippen LogP contribution is 2.25. The van der Waals surface area contributed by atoms with Crippen LogP contribution < -0.4 is 5.73 Å². The number of fused-ring (bicyclic) bond motifs is 1. The molecule has 4 rings (SSSR count). The predicted molar refractivity (Wildman–Crippen MR) is 95.5 cm³/mol. The number of nitrogens with two attached hydrogens (primary N) is 1. The van der Waals surface area contributed by atoms with Crippen molar-refractivity contribution in [2.75, 3.05) is 5.73 Å². The molecule has 4 aromatic rings. The third kappa shape index (κ3) is 2.60. The second kappa shape index (κ2) is 5.77. The molecule has 5 heteroatoms. The number of nitrogens with zero attached hydrogens (tertiary/aromatic N) is 4. The number of hydrogen-bond donors (Lipinski definition) is 1. The van der Waals surface area contributed by atoms with Gasteiger partial charge in [-0.2, -0.15) is 0 Å². The third-order valence-corrected chi connectivity index (χ3v) is 3.98. The largest absolute Gasteiger partial charge is 0.399 e. The second-order valence-corrected chi connectivity index (χ2v) is 5.85. The molecular weight excluding hydrogens is 298 g/mol. The number of anilines is 1. The first kappa shape index (κ1) is 14.4. The summed E-state index contributed by atoms with van der Waals surface area (Å²) < 4.78 is 2.13. The van der Waals surface area contributed by atoms with Gasteiger partial charge in [0.1, 0.15) is 11.3 Å². The van der Waals surface area contributed by atoms with Crippen molar-refractivity contribution in [3.63, 3.8) is 0 Å². The summed E-state index contributed by atoms with van der Waals surface area (Å²) in [6.07, 6.45) is 5.43. The van der Waals surface area contributed by atoms with Crippen LogP contribution in [0, 0.1) is 6.92 Å². The number of imidazole rings is 1. The van der Waals surface area contributed by atoms with Gasteiger partial charge in [0.15, 0.2) is 5.65 Å². The molecule has 0 fully saturated rings. The van der Waals surface area contributed by atoms with Crippen LogP contribution in [-0.4, -0.2) is 19.5 Å². The highest BCUT2D eigenvalue weighted by Gasteiger charge is 2.14. The minimum Gasteiger partial charge on any atom is -0.399 e. The number of benzene rings is 1. The Kier molecular flexibility index (Phi) is 3.46. The van der Waals surface area contributed by atoms with E-state index in [1.165, 1.54) is 0 Å².